The molecule has 0 saturated heterocycles. The van der Waals surface area contributed by atoms with Gasteiger partial charge in [-0.25, -0.2) is 14.4 Å². The predicted molar refractivity (Wildman–Crippen MR) is 111 cm³/mol. The van der Waals surface area contributed by atoms with Crippen LogP contribution in [-0.2, 0) is 0 Å². The van der Waals surface area contributed by atoms with E-state index in [0.29, 0.717) is 11.3 Å². The molecule has 2 heterocycles. The third kappa shape index (κ3) is 3.10. The smallest absolute Gasteiger partial charge is 0.159 e. The molecule has 7 heteroatoms. The van der Waals surface area contributed by atoms with Gasteiger partial charge in [0.15, 0.2) is 5.82 Å². The number of hydrogen-bond acceptors (Lipinski definition) is 4. The highest BCUT2D eigenvalue weighted by Crippen LogP contribution is 2.42. The molecule has 0 unspecified atom stereocenters. The maximum atomic E-state index is 14.2. The minimum Gasteiger partial charge on any atom is -0.357 e. The van der Waals surface area contributed by atoms with Gasteiger partial charge >= 0.3 is 0 Å². The van der Waals surface area contributed by atoms with Crippen molar-refractivity contribution in [3.8, 4) is 22.5 Å². The Morgan fingerprint density at radius 2 is 1.82 bits per heavy atom. The van der Waals surface area contributed by atoms with Crippen LogP contribution >= 0.6 is 11.6 Å². The number of pyridine rings is 1. The van der Waals surface area contributed by atoms with Crippen molar-refractivity contribution in [1.82, 2.24) is 20.2 Å². The van der Waals surface area contributed by atoms with Gasteiger partial charge in [0, 0.05) is 30.1 Å². The average Bonchev–Trinajstić information content (AvgIpc) is 3.24. The lowest BCUT2D eigenvalue weighted by molar-refractivity contribution is 0.630. The summed E-state index contributed by atoms with van der Waals surface area (Å²) < 4.78 is 14.2. The number of halogens is 2. The highest BCUT2D eigenvalue weighted by Gasteiger charge is 2.23. The molecular formula is C21H19ClFN5. The van der Waals surface area contributed by atoms with Crippen molar-refractivity contribution in [3.05, 3.63) is 59.6 Å². The highest BCUT2D eigenvalue weighted by atomic mass is 35.5. The lowest BCUT2D eigenvalue weighted by atomic mass is 9.94. The van der Waals surface area contributed by atoms with E-state index in [1.807, 2.05) is 30.3 Å². The molecule has 0 atom stereocenters. The zero-order valence-electron chi connectivity index (χ0n) is 15.6. The van der Waals surface area contributed by atoms with E-state index in [-0.39, 0.29) is 5.02 Å². The van der Waals surface area contributed by atoms with Crippen LogP contribution in [0.2, 0.25) is 5.02 Å². The summed E-state index contributed by atoms with van der Waals surface area (Å²) in [6, 6.07) is 12.9. The molecule has 0 fully saturated rings. The molecule has 28 heavy (non-hydrogen) atoms. The van der Waals surface area contributed by atoms with E-state index in [1.54, 1.807) is 6.07 Å². The second-order valence-corrected chi connectivity index (χ2v) is 6.75. The molecular weight excluding hydrogens is 377 g/mol. The fourth-order valence-electron chi connectivity index (χ4n) is 3.45. The Bertz CT molecular complexity index is 1110. The van der Waals surface area contributed by atoms with Gasteiger partial charge in [-0.3, -0.25) is 5.10 Å². The molecule has 4 aromatic rings. The summed E-state index contributed by atoms with van der Waals surface area (Å²) in [5.74, 6) is 0.851. The van der Waals surface area contributed by atoms with Crippen molar-refractivity contribution in [3.63, 3.8) is 0 Å². The van der Waals surface area contributed by atoms with E-state index in [0.717, 1.165) is 41.0 Å². The second-order valence-electron chi connectivity index (χ2n) is 6.34. The monoisotopic (exact) mass is 395 g/mol. The van der Waals surface area contributed by atoms with Gasteiger partial charge in [-0.1, -0.05) is 41.9 Å². The number of H-pyrrole nitrogens is 1. The van der Waals surface area contributed by atoms with E-state index in [9.17, 15) is 4.39 Å². The average molecular weight is 396 g/mol. The van der Waals surface area contributed by atoms with E-state index < -0.39 is 5.82 Å². The van der Waals surface area contributed by atoms with Gasteiger partial charge < -0.3 is 4.90 Å². The van der Waals surface area contributed by atoms with Crippen molar-refractivity contribution < 1.29 is 4.39 Å². The molecule has 142 valence electrons. The summed E-state index contributed by atoms with van der Waals surface area (Å²) in [5.41, 5.74) is 3.23. The van der Waals surface area contributed by atoms with Crippen LogP contribution in [0.25, 0.3) is 33.4 Å². The topological polar surface area (TPSA) is 57.7 Å². The summed E-state index contributed by atoms with van der Waals surface area (Å²) in [4.78, 5) is 11.3. The Labute approximate surface area is 167 Å². The summed E-state index contributed by atoms with van der Waals surface area (Å²) in [6.45, 7) is 5.62. The first kappa shape index (κ1) is 18.4. The first-order valence-electron chi connectivity index (χ1n) is 9.12. The maximum absolute atomic E-state index is 14.2. The summed E-state index contributed by atoms with van der Waals surface area (Å²) in [7, 11) is 0. The van der Waals surface area contributed by atoms with Crippen LogP contribution in [0.5, 0.6) is 0 Å². The number of fused-ring (bicyclic) bond motifs is 1. The Morgan fingerprint density at radius 3 is 2.46 bits per heavy atom. The normalized spacial score (nSPS) is 11.1. The fourth-order valence-corrected chi connectivity index (χ4v) is 3.62. The van der Waals surface area contributed by atoms with Crippen LogP contribution < -0.4 is 4.90 Å². The molecule has 5 nitrogen and oxygen atoms in total. The molecule has 0 aliphatic carbocycles. The number of benzene rings is 2. The van der Waals surface area contributed by atoms with E-state index in [4.69, 9.17) is 16.6 Å². The highest BCUT2D eigenvalue weighted by molar-refractivity contribution is 6.31. The molecule has 2 aromatic heterocycles. The van der Waals surface area contributed by atoms with Crippen LogP contribution in [0.1, 0.15) is 13.8 Å². The number of hydrogen-bond donors (Lipinski definition) is 1. The van der Waals surface area contributed by atoms with Crippen LogP contribution in [0.15, 0.2) is 48.8 Å². The molecule has 0 aliphatic rings. The summed E-state index contributed by atoms with van der Waals surface area (Å²) >= 11 is 6.13. The van der Waals surface area contributed by atoms with Crippen molar-refractivity contribution in [2.24, 2.45) is 0 Å². The number of nitrogens with zero attached hydrogens (tertiary/aromatic N) is 4. The second kappa shape index (κ2) is 7.56. The maximum Gasteiger partial charge on any atom is 0.159 e. The van der Waals surface area contributed by atoms with Gasteiger partial charge in [0.25, 0.3) is 0 Å². The lowest BCUT2D eigenvalue weighted by Crippen LogP contribution is -2.24. The molecule has 1 N–H and O–H groups in total. The van der Waals surface area contributed by atoms with Crippen molar-refractivity contribution >= 4 is 28.3 Å². The molecule has 0 aliphatic heterocycles. The predicted octanol–water partition coefficient (Wildman–Crippen LogP) is 5.33. The summed E-state index contributed by atoms with van der Waals surface area (Å²) in [5, 5.41) is 7.82. The quantitative estimate of drug-likeness (QED) is 0.496. The van der Waals surface area contributed by atoms with Gasteiger partial charge in [-0.05, 0) is 25.5 Å². The van der Waals surface area contributed by atoms with Gasteiger partial charge in [-0.2, -0.15) is 5.10 Å². The van der Waals surface area contributed by atoms with Crippen LogP contribution in [0.3, 0.4) is 0 Å². The zero-order valence-corrected chi connectivity index (χ0v) is 16.3. The first-order chi connectivity index (χ1) is 13.6. The molecule has 2 aromatic carbocycles. The lowest BCUT2D eigenvalue weighted by Gasteiger charge is -2.25. The number of aromatic amines is 1. The van der Waals surface area contributed by atoms with Gasteiger partial charge in [0.1, 0.15) is 18.0 Å². The number of rotatable bonds is 5. The van der Waals surface area contributed by atoms with Gasteiger partial charge in [0.2, 0.25) is 0 Å². The van der Waals surface area contributed by atoms with Crippen molar-refractivity contribution in [1.29, 1.82) is 0 Å². The molecule has 0 saturated carbocycles. The minimum absolute atomic E-state index is 0.0607. The SMILES string of the molecule is CCN(CC)c1nc2cc(F)c(Cl)cc2c(-c2ccccc2)c1-c1ncn[nH]1. The van der Waals surface area contributed by atoms with E-state index in [2.05, 4.69) is 33.9 Å². The molecule has 0 amide bonds. The van der Waals surface area contributed by atoms with Crippen molar-refractivity contribution in [2.75, 3.05) is 18.0 Å². The van der Waals surface area contributed by atoms with Crippen LogP contribution in [0, 0.1) is 5.82 Å². The zero-order chi connectivity index (χ0) is 19.7. The Hall–Kier alpha value is -2.99. The third-order valence-electron chi connectivity index (χ3n) is 4.79. The molecule has 0 spiro atoms. The molecule has 0 radical (unpaired) electrons. The minimum atomic E-state index is -0.487. The van der Waals surface area contributed by atoms with Gasteiger partial charge in [-0.15, -0.1) is 0 Å². The standard InChI is InChI=1S/C21H19ClFN5/c1-3-28(4-2)21-19(20-24-12-25-27-20)18(13-8-6-5-7-9-13)14-10-15(22)16(23)11-17(14)26-21/h5-12H,3-4H2,1-2H3,(H,24,25,27). The largest absolute Gasteiger partial charge is 0.357 e. The molecule has 0 bridgehead atoms. The number of nitrogens with one attached hydrogen (secondary N) is 1. The van der Waals surface area contributed by atoms with E-state index in [1.165, 1.54) is 12.4 Å². The number of anilines is 1. The fraction of sp³-hybridized carbons (Fsp3) is 0.190. The van der Waals surface area contributed by atoms with Gasteiger partial charge in [0.05, 0.1) is 16.1 Å². The van der Waals surface area contributed by atoms with Crippen LogP contribution in [0.4, 0.5) is 10.2 Å². The van der Waals surface area contributed by atoms with E-state index >= 15 is 0 Å². The first-order valence-corrected chi connectivity index (χ1v) is 9.50. The molecule has 4 rings (SSSR count). The van der Waals surface area contributed by atoms with Crippen molar-refractivity contribution in [2.45, 2.75) is 13.8 Å². The number of aromatic nitrogens is 4. The Morgan fingerprint density at radius 1 is 1.07 bits per heavy atom. The summed E-state index contributed by atoms with van der Waals surface area (Å²) in [6.07, 6.45) is 1.47. The Balaban J connectivity index is 2.20. The van der Waals surface area contributed by atoms with Crippen LogP contribution in [-0.4, -0.2) is 33.3 Å². The Kier molecular flexibility index (Phi) is 4.96. The third-order valence-corrected chi connectivity index (χ3v) is 5.07.